The Morgan fingerprint density at radius 3 is 2.90 bits per heavy atom. The van der Waals surface area contributed by atoms with E-state index in [1.807, 2.05) is 54.9 Å². The fraction of sp³-hybridized carbons (Fsp3) is 0.333. The Kier molecular flexibility index (Phi) is 4.59. The van der Waals surface area contributed by atoms with Crippen LogP contribution in [0.4, 0.5) is 11.4 Å². The summed E-state index contributed by atoms with van der Waals surface area (Å²) in [5.74, 6) is 0.853. The third-order valence-corrected chi connectivity index (χ3v) is 3.40. The van der Waals surface area contributed by atoms with Crippen molar-refractivity contribution in [2.45, 2.75) is 13.5 Å². The molecule has 0 atom stereocenters. The van der Waals surface area contributed by atoms with Crippen LogP contribution in [-0.4, -0.2) is 34.0 Å². The lowest BCUT2D eigenvalue weighted by Gasteiger charge is -2.17. The van der Waals surface area contributed by atoms with Crippen molar-refractivity contribution in [3.63, 3.8) is 0 Å². The lowest BCUT2D eigenvalue weighted by molar-refractivity contribution is -0.117. The number of aryl methyl sites for hydroxylation is 1. The Morgan fingerprint density at radius 2 is 2.24 bits per heavy atom. The number of amides is 1. The minimum absolute atomic E-state index is 0.0691. The summed E-state index contributed by atoms with van der Waals surface area (Å²) in [6.07, 6.45) is 3.64. The zero-order valence-corrected chi connectivity index (χ0v) is 12.6. The maximum absolute atomic E-state index is 12.1. The number of aromatic nitrogens is 2. The third kappa shape index (κ3) is 3.82. The van der Waals surface area contributed by atoms with Gasteiger partial charge in [-0.05, 0) is 31.7 Å². The van der Waals surface area contributed by atoms with Crippen molar-refractivity contribution in [3.8, 4) is 0 Å². The summed E-state index contributed by atoms with van der Waals surface area (Å²) in [4.78, 5) is 18.2. The molecule has 1 heterocycles. The van der Waals surface area contributed by atoms with Gasteiger partial charge in [0, 0.05) is 30.8 Å². The molecule has 0 radical (unpaired) electrons. The van der Waals surface area contributed by atoms with E-state index in [0.29, 0.717) is 18.8 Å². The van der Waals surface area contributed by atoms with Crippen LogP contribution in [0.5, 0.6) is 0 Å². The van der Waals surface area contributed by atoms with Crippen LogP contribution >= 0.6 is 0 Å². The van der Waals surface area contributed by atoms with Gasteiger partial charge in [0.25, 0.3) is 0 Å². The number of hydrogen-bond donors (Lipinski definition) is 2. The zero-order chi connectivity index (χ0) is 15.4. The maximum Gasteiger partial charge on any atom is 0.238 e. The number of rotatable bonds is 5. The molecule has 6 heteroatoms. The molecule has 6 nitrogen and oxygen atoms in total. The summed E-state index contributed by atoms with van der Waals surface area (Å²) in [5.41, 5.74) is 8.15. The molecule has 0 aliphatic carbocycles. The van der Waals surface area contributed by atoms with Gasteiger partial charge in [-0.3, -0.25) is 9.69 Å². The van der Waals surface area contributed by atoms with Crippen LogP contribution in [0.1, 0.15) is 11.4 Å². The first-order chi connectivity index (χ1) is 9.97. The monoisotopic (exact) mass is 287 g/mol. The smallest absolute Gasteiger partial charge is 0.238 e. The number of likely N-dealkylation sites (N-methyl/N-ethyl adjacent to an activating group) is 1. The molecule has 0 aliphatic heterocycles. The van der Waals surface area contributed by atoms with Crippen molar-refractivity contribution in [1.29, 1.82) is 0 Å². The minimum Gasteiger partial charge on any atom is -0.398 e. The van der Waals surface area contributed by atoms with Gasteiger partial charge in [-0.2, -0.15) is 0 Å². The van der Waals surface area contributed by atoms with E-state index >= 15 is 0 Å². The SMILES string of the molecule is Cc1c(N)cccc1NC(=O)CN(C)Cc1nccn1C. The van der Waals surface area contributed by atoms with E-state index < -0.39 is 0 Å². The number of nitrogen functional groups attached to an aromatic ring is 1. The molecule has 2 rings (SSSR count). The highest BCUT2D eigenvalue weighted by atomic mass is 16.2. The summed E-state index contributed by atoms with van der Waals surface area (Å²) in [7, 11) is 3.83. The second kappa shape index (κ2) is 6.41. The van der Waals surface area contributed by atoms with Gasteiger partial charge in [0.15, 0.2) is 0 Å². The topological polar surface area (TPSA) is 76.2 Å². The molecule has 3 N–H and O–H groups in total. The van der Waals surface area contributed by atoms with Gasteiger partial charge in [0.2, 0.25) is 5.91 Å². The Balaban J connectivity index is 1.92. The van der Waals surface area contributed by atoms with E-state index in [-0.39, 0.29) is 5.91 Å². The summed E-state index contributed by atoms with van der Waals surface area (Å²) >= 11 is 0. The number of anilines is 2. The molecule has 21 heavy (non-hydrogen) atoms. The lowest BCUT2D eigenvalue weighted by atomic mass is 10.1. The highest BCUT2D eigenvalue weighted by molar-refractivity contribution is 5.93. The van der Waals surface area contributed by atoms with Crippen LogP contribution in [-0.2, 0) is 18.4 Å². The molecule has 112 valence electrons. The molecule has 0 aliphatic rings. The van der Waals surface area contributed by atoms with Crippen molar-refractivity contribution < 1.29 is 4.79 Å². The second-order valence-corrected chi connectivity index (χ2v) is 5.19. The average Bonchev–Trinajstić information content (AvgIpc) is 2.80. The summed E-state index contributed by atoms with van der Waals surface area (Å²) in [6.45, 7) is 2.80. The van der Waals surface area contributed by atoms with Crippen LogP contribution < -0.4 is 11.1 Å². The van der Waals surface area contributed by atoms with Crippen molar-refractivity contribution >= 4 is 17.3 Å². The van der Waals surface area contributed by atoms with Crippen molar-refractivity contribution in [2.24, 2.45) is 7.05 Å². The fourth-order valence-electron chi connectivity index (χ4n) is 2.07. The van der Waals surface area contributed by atoms with Gasteiger partial charge in [0.1, 0.15) is 5.82 Å². The van der Waals surface area contributed by atoms with Crippen molar-refractivity contribution in [2.75, 3.05) is 24.6 Å². The highest BCUT2D eigenvalue weighted by Gasteiger charge is 2.11. The van der Waals surface area contributed by atoms with E-state index in [1.165, 1.54) is 0 Å². The second-order valence-electron chi connectivity index (χ2n) is 5.19. The first-order valence-corrected chi connectivity index (χ1v) is 6.77. The number of carbonyl (C=O) groups is 1. The molecule has 1 aromatic carbocycles. The first-order valence-electron chi connectivity index (χ1n) is 6.77. The van der Waals surface area contributed by atoms with Crippen LogP contribution in [0.25, 0.3) is 0 Å². The largest absolute Gasteiger partial charge is 0.398 e. The number of benzene rings is 1. The summed E-state index contributed by atoms with van der Waals surface area (Å²) in [6, 6.07) is 5.50. The van der Waals surface area contributed by atoms with Gasteiger partial charge < -0.3 is 15.6 Å². The number of hydrogen-bond acceptors (Lipinski definition) is 4. The molecule has 0 fully saturated rings. The standard InChI is InChI=1S/C15H21N5O/c1-11-12(16)5-4-6-13(11)18-15(21)10-19(2)9-14-17-7-8-20(14)3/h4-8H,9-10,16H2,1-3H3,(H,18,21). The highest BCUT2D eigenvalue weighted by Crippen LogP contribution is 2.20. The number of imidazole rings is 1. The maximum atomic E-state index is 12.1. The fourth-order valence-corrected chi connectivity index (χ4v) is 2.07. The van der Waals surface area contributed by atoms with Crippen LogP contribution in [0.15, 0.2) is 30.6 Å². The van der Waals surface area contributed by atoms with Gasteiger partial charge in [-0.1, -0.05) is 6.07 Å². The number of nitrogens with zero attached hydrogens (tertiary/aromatic N) is 3. The Bertz CT molecular complexity index is 635. The predicted molar refractivity (Wildman–Crippen MR) is 83.8 cm³/mol. The molecule has 0 saturated carbocycles. The number of carbonyl (C=O) groups excluding carboxylic acids is 1. The molecule has 0 bridgehead atoms. The Morgan fingerprint density at radius 1 is 1.48 bits per heavy atom. The molecule has 0 spiro atoms. The van der Waals surface area contributed by atoms with Crippen LogP contribution in [0.3, 0.4) is 0 Å². The zero-order valence-electron chi connectivity index (χ0n) is 12.6. The van der Waals surface area contributed by atoms with E-state index in [4.69, 9.17) is 5.73 Å². The van der Waals surface area contributed by atoms with Crippen molar-refractivity contribution in [3.05, 3.63) is 42.0 Å². The molecule has 1 amide bonds. The Hall–Kier alpha value is -2.34. The van der Waals surface area contributed by atoms with Gasteiger partial charge in [-0.25, -0.2) is 4.98 Å². The van der Waals surface area contributed by atoms with E-state index in [0.717, 1.165) is 17.1 Å². The van der Waals surface area contributed by atoms with E-state index in [9.17, 15) is 4.79 Å². The van der Waals surface area contributed by atoms with Crippen LogP contribution in [0, 0.1) is 6.92 Å². The number of nitrogens with one attached hydrogen (secondary N) is 1. The predicted octanol–water partition coefficient (Wildman–Crippen LogP) is 1.38. The summed E-state index contributed by atoms with van der Waals surface area (Å²) < 4.78 is 1.94. The molecule has 0 unspecified atom stereocenters. The van der Waals surface area contributed by atoms with Gasteiger partial charge in [-0.15, -0.1) is 0 Å². The average molecular weight is 287 g/mol. The minimum atomic E-state index is -0.0691. The van der Waals surface area contributed by atoms with Gasteiger partial charge >= 0.3 is 0 Å². The third-order valence-electron chi connectivity index (χ3n) is 3.40. The normalized spacial score (nSPS) is 10.9. The Labute approximate surface area is 124 Å². The van der Waals surface area contributed by atoms with Gasteiger partial charge in [0.05, 0.1) is 13.1 Å². The van der Waals surface area contributed by atoms with Crippen molar-refractivity contribution in [1.82, 2.24) is 14.5 Å². The molecule has 0 saturated heterocycles. The summed E-state index contributed by atoms with van der Waals surface area (Å²) in [5, 5.41) is 2.89. The number of nitrogens with two attached hydrogens (primary N) is 1. The van der Waals surface area contributed by atoms with E-state index in [2.05, 4.69) is 10.3 Å². The molecular weight excluding hydrogens is 266 g/mol. The quantitative estimate of drug-likeness (QED) is 0.815. The molecular formula is C15H21N5O. The van der Waals surface area contributed by atoms with E-state index in [1.54, 1.807) is 6.20 Å². The molecule has 1 aromatic heterocycles. The lowest BCUT2D eigenvalue weighted by Crippen LogP contribution is -2.30. The first kappa shape index (κ1) is 15.1. The van der Waals surface area contributed by atoms with Crippen LogP contribution in [0.2, 0.25) is 0 Å². The molecule has 2 aromatic rings.